The highest BCUT2D eigenvalue weighted by Crippen LogP contribution is 2.14. The van der Waals surface area contributed by atoms with Crippen molar-refractivity contribution in [3.8, 4) is 11.5 Å². The van der Waals surface area contributed by atoms with Crippen molar-refractivity contribution in [2.45, 2.75) is 0 Å². The van der Waals surface area contributed by atoms with E-state index < -0.39 is 9.85 Å². The fourth-order valence-corrected chi connectivity index (χ4v) is 2.40. The minimum Gasteiger partial charge on any atom is -0.491 e. The summed E-state index contributed by atoms with van der Waals surface area (Å²) in [6.45, 7) is 2.40. The van der Waals surface area contributed by atoms with E-state index in [1.54, 1.807) is 48.5 Å². The van der Waals surface area contributed by atoms with Gasteiger partial charge in [0.1, 0.15) is 24.7 Å². The molecule has 0 saturated carbocycles. The predicted octanol–water partition coefficient (Wildman–Crippen LogP) is 3.67. The Kier molecular flexibility index (Phi) is 10.9. The molecule has 0 heterocycles. The summed E-state index contributed by atoms with van der Waals surface area (Å²) in [6, 6.07) is 13.9. The molecule has 0 amide bonds. The summed E-state index contributed by atoms with van der Waals surface area (Å²) in [5, 5.41) is 20.6. The van der Waals surface area contributed by atoms with E-state index in [9.17, 15) is 20.2 Å². The number of nitro groups is 2. The first-order chi connectivity index (χ1) is 15.5. The Hall–Kier alpha value is -3.76. The van der Waals surface area contributed by atoms with Gasteiger partial charge in [-0.05, 0) is 35.4 Å². The van der Waals surface area contributed by atoms with Gasteiger partial charge < -0.3 is 18.9 Å². The number of hydrogen-bond donors (Lipinski definition) is 0. The van der Waals surface area contributed by atoms with E-state index in [2.05, 4.69) is 0 Å². The summed E-state index contributed by atoms with van der Waals surface area (Å²) < 4.78 is 21.9. The van der Waals surface area contributed by atoms with E-state index in [4.69, 9.17) is 18.9 Å². The first-order valence-electron chi connectivity index (χ1n) is 9.77. The zero-order valence-electron chi connectivity index (χ0n) is 17.3. The Balaban J connectivity index is 1.47. The molecule has 2 aromatic carbocycles. The number of ether oxygens (including phenoxy) is 4. The Bertz CT molecular complexity index is 820. The van der Waals surface area contributed by atoms with Crippen molar-refractivity contribution in [1.29, 1.82) is 0 Å². The van der Waals surface area contributed by atoms with Gasteiger partial charge in [-0.2, -0.15) is 0 Å². The van der Waals surface area contributed by atoms with Gasteiger partial charge >= 0.3 is 0 Å². The van der Waals surface area contributed by atoms with Crippen LogP contribution in [0.3, 0.4) is 0 Å². The molecular weight excluding hydrogens is 420 g/mol. The average molecular weight is 444 g/mol. The van der Waals surface area contributed by atoms with Gasteiger partial charge in [-0.15, -0.1) is 0 Å². The van der Waals surface area contributed by atoms with Gasteiger partial charge in [-0.25, -0.2) is 0 Å². The third-order valence-electron chi connectivity index (χ3n) is 3.90. The van der Waals surface area contributed by atoms with Crippen LogP contribution in [0.15, 0.2) is 60.9 Å². The monoisotopic (exact) mass is 444 g/mol. The van der Waals surface area contributed by atoms with Crippen LogP contribution in [-0.4, -0.2) is 49.5 Å². The highest BCUT2D eigenvalue weighted by atomic mass is 16.6. The molecule has 2 rings (SSSR count). The summed E-state index contributed by atoms with van der Waals surface area (Å²) in [7, 11) is 0. The minimum absolute atomic E-state index is 0.375. The standard InChI is InChI=1S/C22H24N2O8/c25-23(26)11-9-19-1-5-21(6-2-19)31-17-15-29-13-14-30-16-18-32-22-7-3-20(4-8-22)10-12-24(27)28/h1-12H,13-18H2. The van der Waals surface area contributed by atoms with Crippen molar-refractivity contribution in [3.05, 3.63) is 92.3 Å². The Morgan fingerprint density at radius 2 is 0.938 bits per heavy atom. The molecule has 0 spiro atoms. The van der Waals surface area contributed by atoms with E-state index in [1.807, 2.05) is 0 Å². The Morgan fingerprint density at radius 1 is 0.594 bits per heavy atom. The fraction of sp³-hybridized carbons (Fsp3) is 0.273. The third kappa shape index (κ3) is 10.9. The lowest BCUT2D eigenvalue weighted by molar-refractivity contribution is -0.401. The molecule has 0 atom stereocenters. The summed E-state index contributed by atoms with van der Waals surface area (Å²) in [6.07, 6.45) is 4.59. The van der Waals surface area contributed by atoms with Crippen LogP contribution in [0.1, 0.15) is 11.1 Å². The molecule has 0 aliphatic heterocycles. The maximum Gasteiger partial charge on any atom is 0.235 e. The van der Waals surface area contributed by atoms with Gasteiger partial charge in [0.2, 0.25) is 12.4 Å². The Labute approximate surface area is 185 Å². The van der Waals surface area contributed by atoms with Crippen molar-refractivity contribution in [2.75, 3.05) is 39.6 Å². The van der Waals surface area contributed by atoms with Crippen molar-refractivity contribution < 1.29 is 28.8 Å². The summed E-state index contributed by atoms with van der Waals surface area (Å²) in [4.78, 5) is 19.6. The van der Waals surface area contributed by atoms with Gasteiger partial charge in [0, 0.05) is 12.2 Å². The van der Waals surface area contributed by atoms with E-state index in [-0.39, 0.29) is 0 Å². The van der Waals surface area contributed by atoms with Crippen LogP contribution >= 0.6 is 0 Å². The van der Waals surface area contributed by atoms with Gasteiger partial charge in [0.05, 0.1) is 36.3 Å². The normalized spacial score (nSPS) is 11.1. The number of benzene rings is 2. The average Bonchev–Trinajstić information content (AvgIpc) is 2.79. The van der Waals surface area contributed by atoms with E-state index >= 15 is 0 Å². The zero-order chi connectivity index (χ0) is 23.0. The zero-order valence-corrected chi connectivity index (χ0v) is 17.3. The van der Waals surface area contributed by atoms with Gasteiger partial charge in [0.15, 0.2) is 0 Å². The van der Waals surface area contributed by atoms with Gasteiger partial charge in [0.25, 0.3) is 0 Å². The smallest absolute Gasteiger partial charge is 0.235 e. The summed E-state index contributed by atoms with van der Waals surface area (Å²) >= 11 is 0. The van der Waals surface area contributed by atoms with Crippen molar-refractivity contribution >= 4 is 12.2 Å². The van der Waals surface area contributed by atoms with Crippen LogP contribution in [0, 0.1) is 20.2 Å². The van der Waals surface area contributed by atoms with Gasteiger partial charge in [-0.1, -0.05) is 24.3 Å². The fourth-order valence-electron chi connectivity index (χ4n) is 2.40. The molecule has 0 aliphatic carbocycles. The topological polar surface area (TPSA) is 123 Å². The van der Waals surface area contributed by atoms with Crippen LogP contribution in [-0.2, 0) is 9.47 Å². The quantitative estimate of drug-likeness (QED) is 0.232. The SMILES string of the molecule is O=[N+]([O-])C=Cc1ccc(OCCOCCOCCOc2ccc(C=C[N+](=O)[O-])cc2)cc1. The molecule has 170 valence electrons. The largest absolute Gasteiger partial charge is 0.491 e. The van der Waals surface area contributed by atoms with Gasteiger partial charge in [-0.3, -0.25) is 20.2 Å². The minimum atomic E-state index is -0.513. The lowest BCUT2D eigenvalue weighted by atomic mass is 10.2. The van der Waals surface area contributed by atoms with Crippen LogP contribution in [0.25, 0.3) is 12.2 Å². The van der Waals surface area contributed by atoms with E-state index in [1.165, 1.54) is 12.2 Å². The number of rotatable bonds is 15. The third-order valence-corrected chi connectivity index (χ3v) is 3.90. The molecule has 0 aromatic heterocycles. The molecule has 0 N–H and O–H groups in total. The molecular formula is C22H24N2O8. The molecule has 0 unspecified atom stereocenters. The van der Waals surface area contributed by atoms with Crippen LogP contribution < -0.4 is 9.47 Å². The van der Waals surface area contributed by atoms with Crippen LogP contribution in [0.4, 0.5) is 0 Å². The molecule has 0 saturated heterocycles. The molecule has 0 radical (unpaired) electrons. The number of hydrogen-bond acceptors (Lipinski definition) is 8. The predicted molar refractivity (Wildman–Crippen MR) is 118 cm³/mol. The lowest BCUT2D eigenvalue weighted by Gasteiger charge is -2.09. The highest BCUT2D eigenvalue weighted by Gasteiger charge is 1.98. The second-order valence-corrected chi connectivity index (χ2v) is 6.26. The second kappa shape index (κ2) is 14.3. The second-order valence-electron chi connectivity index (χ2n) is 6.26. The molecule has 0 bridgehead atoms. The molecule has 0 fully saturated rings. The summed E-state index contributed by atoms with van der Waals surface area (Å²) in [5.41, 5.74) is 1.43. The summed E-state index contributed by atoms with van der Waals surface area (Å²) in [5.74, 6) is 1.31. The van der Waals surface area contributed by atoms with Crippen molar-refractivity contribution in [2.24, 2.45) is 0 Å². The maximum absolute atomic E-state index is 10.3. The molecule has 10 heteroatoms. The first kappa shape index (κ1) is 24.5. The molecule has 2 aromatic rings. The van der Waals surface area contributed by atoms with E-state index in [0.717, 1.165) is 12.4 Å². The van der Waals surface area contributed by atoms with Crippen LogP contribution in [0.5, 0.6) is 11.5 Å². The van der Waals surface area contributed by atoms with Crippen molar-refractivity contribution in [3.63, 3.8) is 0 Å². The lowest BCUT2D eigenvalue weighted by Crippen LogP contribution is -2.13. The van der Waals surface area contributed by atoms with Crippen LogP contribution in [0.2, 0.25) is 0 Å². The van der Waals surface area contributed by atoms with Crippen molar-refractivity contribution in [1.82, 2.24) is 0 Å². The maximum atomic E-state index is 10.3. The number of nitrogens with zero attached hydrogens (tertiary/aromatic N) is 2. The molecule has 32 heavy (non-hydrogen) atoms. The first-order valence-corrected chi connectivity index (χ1v) is 9.77. The van der Waals surface area contributed by atoms with E-state index in [0.29, 0.717) is 62.3 Å². The molecule has 10 nitrogen and oxygen atoms in total. The Morgan fingerprint density at radius 3 is 1.28 bits per heavy atom. The highest BCUT2D eigenvalue weighted by molar-refractivity contribution is 5.50. The molecule has 0 aliphatic rings.